The van der Waals surface area contributed by atoms with Gasteiger partial charge < -0.3 is 9.80 Å². The molecule has 1 saturated heterocycles. The lowest BCUT2D eigenvalue weighted by Gasteiger charge is -2.36. The first kappa shape index (κ1) is 21.7. The fraction of sp³-hybridized carbons (Fsp3) is 0.391. The average molecular weight is 451 g/mol. The van der Waals surface area contributed by atoms with Gasteiger partial charge >= 0.3 is 6.18 Å². The molecule has 2 aliphatic rings. The van der Waals surface area contributed by atoms with E-state index in [4.69, 9.17) is 11.6 Å². The van der Waals surface area contributed by atoms with Crippen LogP contribution >= 0.6 is 11.6 Å². The van der Waals surface area contributed by atoms with Gasteiger partial charge in [0.2, 0.25) is 5.91 Å². The van der Waals surface area contributed by atoms with Gasteiger partial charge in [0.1, 0.15) is 0 Å². The van der Waals surface area contributed by atoms with Gasteiger partial charge in [-0.15, -0.1) is 0 Å². The number of aryl methyl sites for hydroxylation is 1. The van der Waals surface area contributed by atoms with Gasteiger partial charge in [-0.2, -0.15) is 13.2 Å². The minimum absolute atomic E-state index is 0.0701. The molecule has 4 rings (SSSR count). The third-order valence-corrected chi connectivity index (χ3v) is 6.27. The standard InChI is InChI=1S/C23H22ClF3N2O2/c24-19-6-3-15(4-7-19)21(30)28-12-9-16(10-13-28)22(31)29-11-1-2-17-14-18(23(25,26)27)5-8-20(17)29/h3-8,14,16H,1-2,9-13H2. The number of hydrogen-bond acceptors (Lipinski definition) is 2. The predicted molar refractivity (Wildman–Crippen MR) is 112 cm³/mol. The van der Waals surface area contributed by atoms with E-state index in [0.717, 1.165) is 12.1 Å². The van der Waals surface area contributed by atoms with Crippen LogP contribution in [0.25, 0.3) is 0 Å². The molecule has 0 atom stereocenters. The molecule has 164 valence electrons. The molecule has 2 aliphatic heterocycles. The first-order valence-electron chi connectivity index (χ1n) is 10.3. The summed E-state index contributed by atoms with van der Waals surface area (Å²) in [7, 11) is 0. The maximum Gasteiger partial charge on any atom is 0.416 e. The molecule has 1 fully saturated rings. The smallest absolute Gasteiger partial charge is 0.339 e. The van der Waals surface area contributed by atoms with Gasteiger partial charge in [-0.05, 0) is 73.7 Å². The second kappa shape index (κ2) is 8.54. The van der Waals surface area contributed by atoms with Crippen molar-refractivity contribution in [1.29, 1.82) is 0 Å². The van der Waals surface area contributed by atoms with Crippen LogP contribution in [0.2, 0.25) is 5.02 Å². The number of hydrogen-bond donors (Lipinski definition) is 0. The number of benzene rings is 2. The van der Waals surface area contributed by atoms with Crippen LogP contribution in [0.1, 0.15) is 40.7 Å². The van der Waals surface area contributed by atoms with Crippen LogP contribution in [0.5, 0.6) is 0 Å². The Balaban J connectivity index is 1.43. The molecular formula is C23H22ClF3N2O2. The van der Waals surface area contributed by atoms with E-state index in [9.17, 15) is 22.8 Å². The topological polar surface area (TPSA) is 40.6 Å². The van der Waals surface area contributed by atoms with Gasteiger partial charge in [0.05, 0.1) is 5.56 Å². The van der Waals surface area contributed by atoms with Crippen molar-refractivity contribution in [1.82, 2.24) is 4.90 Å². The largest absolute Gasteiger partial charge is 0.416 e. The summed E-state index contributed by atoms with van der Waals surface area (Å²) in [5.74, 6) is -0.410. The second-order valence-corrected chi connectivity index (χ2v) is 8.44. The third-order valence-electron chi connectivity index (χ3n) is 6.01. The summed E-state index contributed by atoms with van der Waals surface area (Å²) in [5, 5.41) is 0.560. The van der Waals surface area contributed by atoms with E-state index in [-0.39, 0.29) is 17.7 Å². The minimum Gasteiger partial charge on any atom is -0.339 e. The number of likely N-dealkylation sites (tertiary alicyclic amines) is 1. The van der Waals surface area contributed by atoms with Crippen LogP contribution in [0.4, 0.5) is 18.9 Å². The van der Waals surface area contributed by atoms with Crippen molar-refractivity contribution in [2.45, 2.75) is 31.9 Å². The number of carbonyl (C=O) groups is 2. The highest BCUT2D eigenvalue weighted by Gasteiger charge is 2.35. The number of halogens is 4. The Kier molecular flexibility index (Phi) is 5.97. The first-order valence-corrected chi connectivity index (χ1v) is 10.7. The van der Waals surface area contributed by atoms with Gasteiger partial charge in [0, 0.05) is 41.8 Å². The Labute approximate surface area is 183 Å². The molecule has 2 amide bonds. The molecule has 0 aliphatic carbocycles. The molecule has 31 heavy (non-hydrogen) atoms. The van der Waals surface area contributed by atoms with Crippen molar-refractivity contribution < 1.29 is 22.8 Å². The molecule has 0 spiro atoms. The summed E-state index contributed by atoms with van der Waals surface area (Å²) in [6.45, 7) is 1.43. The zero-order valence-corrected chi connectivity index (χ0v) is 17.5. The minimum atomic E-state index is -4.40. The van der Waals surface area contributed by atoms with Gasteiger partial charge in [0.25, 0.3) is 5.91 Å². The molecule has 2 heterocycles. The Bertz CT molecular complexity index is 983. The van der Waals surface area contributed by atoms with Crippen LogP contribution < -0.4 is 4.90 Å². The quantitative estimate of drug-likeness (QED) is 0.631. The molecule has 0 N–H and O–H groups in total. The number of carbonyl (C=O) groups excluding carboxylic acids is 2. The average Bonchev–Trinajstić information content (AvgIpc) is 2.77. The first-order chi connectivity index (χ1) is 14.7. The molecule has 0 saturated carbocycles. The monoisotopic (exact) mass is 450 g/mol. The maximum absolute atomic E-state index is 13.2. The number of fused-ring (bicyclic) bond motifs is 1. The Hall–Kier alpha value is -2.54. The van der Waals surface area contributed by atoms with E-state index < -0.39 is 11.7 Å². The highest BCUT2D eigenvalue weighted by atomic mass is 35.5. The van der Waals surface area contributed by atoms with E-state index in [1.54, 1.807) is 34.1 Å². The maximum atomic E-state index is 13.2. The fourth-order valence-corrected chi connectivity index (χ4v) is 4.45. The summed E-state index contributed by atoms with van der Waals surface area (Å²) in [5.41, 5.74) is 1.00. The Morgan fingerprint density at radius 1 is 0.968 bits per heavy atom. The zero-order chi connectivity index (χ0) is 22.2. The number of alkyl halides is 3. The summed E-state index contributed by atoms with van der Waals surface area (Å²) < 4.78 is 39.1. The fourth-order valence-electron chi connectivity index (χ4n) is 4.33. The lowest BCUT2D eigenvalue weighted by Crippen LogP contribution is -2.45. The van der Waals surface area contributed by atoms with Crippen molar-refractivity contribution in [3.8, 4) is 0 Å². The SMILES string of the molecule is O=C(c1ccc(Cl)cc1)N1CCC(C(=O)N2CCCc3cc(C(F)(F)F)ccc32)CC1. The normalized spacial score (nSPS) is 17.4. The lowest BCUT2D eigenvalue weighted by molar-refractivity contribution is -0.137. The molecule has 8 heteroatoms. The molecular weight excluding hydrogens is 429 g/mol. The molecule has 0 radical (unpaired) electrons. The third kappa shape index (κ3) is 4.56. The van der Waals surface area contributed by atoms with Crippen molar-refractivity contribution in [3.05, 3.63) is 64.2 Å². The van der Waals surface area contributed by atoms with Crippen molar-refractivity contribution in [2.24, 2.45) is 5.92 Å². The van der Waals surface area contributed by atoms with Gasteiger partial charge in [-0.1, -0.05) is 11.6 Å². The van der Waals surface area contributed by atoms with Crippen molar-refractivity contribution >= 4 is 29.1 Å². The molecule has 0 aromatic heterocycles. The molecule has 4 nitrogen and oxygen atoms in total. The van der Waals surface area contributed by atoms with Gasteiger partial charge in [-0.25, -0.2) is 0 Å². The molecule has 0 unspecified atom stereocenters. The van der Waals surface area contributed by atoms with E-state index in [0.29, 0.717) is 67.2 Å². The number of piperidine rings is 1. The number of amides is 2. The van der Waals surface area contributed by atoms with E-state index in [2.05, 4.69) is 0 Å². The van der Waals surface area contributed by atoms with E-state index >= 15 is 0 Å². The van der Waals surface area contributed by atoms with Crippen molar-refractivity contribution in [3.63, 3.8) is 0 Å². The summed E-state index contributed by atoms with van der Waals surface area (Å²) in [4.78, 5) is 29.2. The summed E-state index contributed by atoms with van der Waals surface area (Å²) >= 11 is 5.87. The van der Waals surface area contributed by atoms with Crippen LogP contribution in [-0.4, -0.2) is 36.3 Å². The van der Waals surface area contributed by atoms with E-state index in [1.165, 1.54) is 6.07 Å². The van der Waals surface area contributed by atoms with Gasteiger partial charge in [-0.3, -0.25) is 9.59 Å². The van der Waals surface area contributed by atoms with Crippen LogP contribution in [0, 0.1) is 5.92 Å². The Morgan fingerprint density at radius 2 is 1.65 bits per heavy atom. The highest BCUT2D eigenvalue weighted by molar-refractivity contribution is 6.30. The van der Waals surface area contributed by atoms with Crippen LogP contribution in [0.15, 0.2) is 42.5 Å². The molecule has 0 bridgehead atoms. The highest BCUT2D eigenvalue weighted by Crippen LogP contribution is 2.36. The van der Waals surface area contributed by atoms with Gasteiger partial charge in [0.15, 0.2) is 0 Å². The number of anilines is 1. The van der Waals surface area contributed by atoms with Crippen molar-refractivity contribution in [2.75, 3.05) is 24.5 Å². The second-order valence-electron chi connectivity index (χ2n) is 8.01. The molecule has 2 aromatic rings. The predicted octanol–water partition coefficient (Wildman–Crippen LogP) is 5.19. The molecule has 2 aromatic carbocycles. The van der Waals surface area contributed by atoms with E-state index in [1.807, 2.05) is 0 Å². The number of rotatable bonds is 2. The lowest BCUT2D eigenvalue weighted by atomic mass is 9.92. The summed E-state index contributed by atoms with van der Waals surface area (Å²) in [6.07, 6.45) is -2.18. The summed E-state index contributed by atoms with van der Waals surface area (Å²) in [6, 6.07) is 10.3. The Morgan fingerprint density at radius 3 is 2.29 bits per heavy atom. The van der Waals surface area contributed by atoms with Crippen LogP contribution in [0.3, 0.4) is 0 Å². The zero-order valence-electron chi connectivity index (χ0n) is 16.8. The van der Waals surface area contributed by atoms with Crippen LogP contribution in [-0.2, 0) is 17.4 Å². The number of nitrogens with zero attached hydrogens (tertiary/aromatic N) is 2.